The van der Waals surface area contributed by atoms with Gasteiger partial charge in [0.05, 0.1) is 0 Å². The van der Waals surface area contributed by atoms with Gasteiger partial charge in [0.15, 0.2) is 0 Å². The molecular formula is C70H56F27IO9S5. The third-order valence-electron chi connectivity index (χ3n) is 17.8. The molecular weight excluding hydrogens is 1780 g/mol. The third-order valence-corrected chi connectivity index (χ3v) is 36.2. The van der Waals surface area contributed by atoms with Crippen molar-refractivity contribution in [3.63, 3.8) is 0 Å². The van der Waals surface area contributed by atoms with Crippen LogP contribution in [0.2, 0.25) is 0 Å². The molecule has 8 aromatic rings. The molecule has 0 fully saturated rings. The second-order valence-electron chi connectivity index (χ2n) is 25.1. The summed E-state index contributed by atoms with van der Waals surface area (Å²) in [5, 5.41) is -22.2. The smallest absolute Gasteiger partial charge is 0.0608 e. The van der Waals surface area contributed by atoms with Gasteiger partial charge in [0, 0.05) is 0 Å². The van der Waals surface area contributed by atoms with Crippen LogP contribution in [0, 0.1) is 62.5 Å². The monoisotopic (exact) mass is 1840 g/mol. The Kier molecular flexibility index (Phi) is 24.5. The number of hydrogen-bond acceptors (Lipinski definition) is 9. The van der Waals surface area contributed by atoms with Crippen molar-refractivity contribution >= 4 is 71.2 Å². The first-order chi connectivity index (χ1) is 50.8. The molecule has 9 nitrogen and oxygen atoms in total. The quantitative estimate of drug-likeness (QED) is 0.0365. The van der Waals surface area contributed by atoms with Crippen LogP contribution in [-0.2, 0) is 53.0 Å². The van der Waals surface area contributed by atoms with E-state index < -0.39 is 190 Å². The van der Waals surface area contributed by atoms with E-state index in [4.69, 9.17) is 7.26 Å². The molecule has 8 aromatic carbocycles. The summed E-state index contributed by atoms with van der Waals surface area (Å²) in [6, 6.07) is 30.5. The number of benzene rings is 8. The van der Waals surface area contributed by atoms with Crippen molar-refractivity contribution in [3.8, 4) is 0 Å². The third kappa shape index (κ3) is 15.2. The molecule has 0 aliphatic carbocycles. The van der Waals surface area contributed by atoms with Crippen molar-refractivity contribution in [3.05, 3.63) is 244 Å². The van der Waals surface area contributed by atoms with Gasteiger partial charge in [-0.25, -0.2) is 0 Å². The minimum Gasteiger partial charge on any atom is -0.0608 e. The fraction of sp³-hybridized carbons (Fsp3) is 0.314. The summed E-state index contributed by atoms with van der Waals surface area (Å²) in [6.07, 6.45) is -23.3. The Hall–Kier alpha value is -6.97. The first-order valence-electron chi connectivity index (χ1n) is 31.2. The molecule has 112 heavy (non-hydrogen) atoms. The fourth-order valence-corrected chi connectivity index (χ4v) is 29.3. The molecule has 0 saturated heterocycles. The SMILES string of the molecule is Cc1cccc(S(OS(=O)(=O)C(F)(F)C(F)(F)C(F)(F)C(F)(F)F)(c2ccc(Cc3ccc(I(OS(=O)(=O)C(F)(F)C(F)(F)C(F)(F)C(F)(F)F)c4ccc(Cc5ccc(S(OS(=O)(=O)C(F)(F)C(F)(F)C(F)(F)C(F)(F)F)(c6cccc(C)c6C)c6cccc(C)c6C)cc5)cc4)cc3)cc2)c2cccc(C)c2C)c1C. The van der Waals surface area contributed by atoms with Crippen molar-refractivity contribution in [1.82, 2.24) is 0 Å². The van der Waals surface area contributed by atoms with Crippen LogP contribution < -0.4 is 0 Å². The normalized spacial score (nSPS) is 14.7. The summed E-state index contributed by atoms with van der Waals surface area (Å²) in [6.45, 7) is 10.6. The molecule has 0 aliphatic heterocycles. The summed E-state index contributed by atoms with van der Waals surface area (Å²) in [5.74, 6) is -46.6. The van der Waals surface area contributed by atoms with Crippen molar-refractivity contribution in [2.75, 3.05) is 0 Å². The second-order valence-corrected chi connectivity index (χ2v) is 40.5. The average Bonchev–Trinajstić information content (AvgIpc) is 0.713. The van der Waals surface area contributed by atoms with Gasteiger partial charge in [0.1, 0.15) is 0 Å². The predicted octanol–water partition coefficient (Wildman–Crippen LogP) is 23.5. The Balaban J connectivity index is 1.21. The summed E-state index contributed by atoms with van der Waals surface area (Å²) in [7, 11) is -32.4. The Morgan fingerprint density at radius 1 is 0.268 bits per heavy atom. The van der Waals surface area contributed by atoms with Crippen LogP contribution in [0.4, 0.5) is 119 Å². The van der Waals surface area contributed by atoms with Gasteiger partial charge < -0.3 is 0 Å². The van der Waals surface area contributed by atoms with Crippen LogP contribution in [0.15, 0.2) is 199 Å². The summed E-state index contributed by atoms with van der Waals surface area (Å²) < 4.78 is 487. The number of hydrogen-bond donors (Lipinski definition) is 0. The summed E-state index contributed by atoms with van der Waals surface area (Å²) in [4.78, 5) is -2.69. The molecule has 0 spiro atoms. The average molecular weight is 1840 g/mol. The van der Waals surface area contributed by atoms with Crippen molar-refractivity contribution in [2.45, 2.75) is 167 Å². The van der Waals surface area contributed by atoms with Crippen molar-refractivity contribution in [2.24, 2.45) is 0 Å². The van der Waals surface area contributed by atoms with Crippen LogP contribution in [0.1, 0.15) is 66.8 Å². The zero-order chi connectivity index (χ0) is 85.0. The van der Waals surface area contributed by atoms with Gasteiger partial charge in [-0.15, -0.1) is 0 Å². The Labute approximate surface area is 632 Å². The van der Waals surface area contributed by atoms with E-state index in [1.165, 1.54) is 104 Å². The summed E-state index contributed by atoms with van der Waals surface area (Å²) in [5.41, 5.74) is 1.00. The van der Waals surface area contributed by atoms with Gasteiger partial charge in [0.25, 0.3) is 0 Å². The zero-order valence-electron chi connectivity index (χ0n) is 57.9. The van der Waals surface area contributed by atoms with Gasteiger partial charge in [0.2, 0.25) is 0 Å². The molecule has 0 unspecified atom stereocenters. The van der Waals surface area contributed by atoms with Crippen LogP contribution in [0.3, 0.4) is 0 Å². The number of rotatable bonds is 27. The molecule has 0 radical (unpaired) electrons. The Bertz CT molecular complexity index is 4810. The van der Waals surface area contributed by atoms with Crippen molar-refractivity contribution < 1.29 is 154 Å². The summed E-state index contributed by atoms with van der Waals surface area (Å²) >= 11 is -5.08. The van der Waals surface area contributed by atoms with Gasteiger partial charge in [-0.05, 0) is 77.6 Å². The first kappa shape index (κ1) is 90.6. The van der Waals surface area contributed by atoms with E-state index in [1.807, 2.05) is 0 Å². The predicted molar refractivity (Wildman–Crippen MR) is 364 cm³/mol. The van der Waals surface area contributed by atoms with E-state index in [9.17, 15) is 99.9 Å². The molecule has 0 aliphatic rings. The van der Waals surface area contributed by atoms with Crippen LogP contribution in [0.5, 0.6) is 0 Å². The van der Waals surface area contributed by atoms with Gasteiger partial charge in [-0.2, -0.15) is 95.9 Å². The molecule has 0 amide bonds. The minimum absolute atomic E-state index is 0.0164. The molecule has 0 N–H and O–H groups in total. The molecule has 42 heteroatoms. The number of alkyl halides is 27. The maximum atomic E-state index is 15.9. The zero-order valence-corrected chi connectivity index (χ0v) is 64.1. The van der Waals surface area contributed by atoms with E-state index in [0.29, 0.717) is 0 Å². The molecule has 8 rings (SSSR count). The first-order valence-corrected chi connectivity index (χ1v) is 41.6. The standard InChI is InChI=1S/C70H56F27IO9S5/c1-39-13-9-17-55(43(39)5)108(56-18-10-14-40(2)44(56)6,106-111(101,102)69(94,95)63(79,80)60(73,74)66(86,87)88)53-33-25-49(26-34-53)37-47-21-29-51(30-22-47)98(105-110(99,100)68(92,93)62(77,78)59(71,72)65(83,84)85)52-31-23-48(24-32-52)38-50-27-35-54(36-28-50)109(57-19-11-15-41(3)45(57)7,58-20-12-16-42(4)46(58)8)107-112(103,104)70(96,97)64(81,82)61(75,76)67(89,90)91/h9-36H,37-38H2,1-8H3. The maximum absolute atomic E-state index is 15.9. The van der Waals surface area contributed by atoms with E-state index in [2.05, 4.69) is 2.51 Å². The van der Waals surface area contributed by atoms with Crippen LogP contribution in [-0.4, -0.2) is 95.1 Å². The van der Waals surface area contributed by atoms with Crippen LogP contribution in [0.25, 0.3) is 0 Å². The molecule has 0 aromatic heterocycles. The van der Waals surface area contributed by atoms with E-state index in [0.717, 1.165) is 121 Å². The topological polar surface area (TPSA) is 130 Å². The number of halogens is 28. The second kappa shape index (κ2) is 30.3. The molecule has 0 saturated carbocycles. The number of aryl methyl sites for hydroxylation is 4. The van der Waals surface area contributed by atoms with Gasteiger partial charge in [-0.1, -0.05) is 48.5 Å². The van der Waals surface area contributed by atoms with E-state index >= 15 is 43.9 Å². The van der Waals surface area contributed by atoms with Crippen molar-refractivity contribution in [1.29, 1.82) is 0 Å². The molecule has 0 heterocycles. The molecule has 0 atom stereocenters. The minimum atomic E-state index is -7.82. The van der Waals surface area contributed by atoms with Gasteiger partial charge in [-0.3, -0.25) is 0 Å². The Morgan fingerprint density at radius 3 is 0.688 bits per heavy atom. The Morgan fingerprint density at radius 2 is 0.473 bits per heavy atom. The molecule has 616 valence electrons. The fourth-order valence-electron chi connectivity index (χ4n) is 10.8. The molecule has 0 bridgehead atoms. The van der Waals surface area contributed by atoms with Gasteiger partial charge >= 0.3 is 414 Å². The van der Waals surface area contributed by atoms with E-state index in [1.54, 1.807) is 0 Å². The van der Waals surface area contributed by atoms with Crippen LogP contribution >= 0.6 is 40.9 Å². The van der Waals surface area contributed by atoms with E-state index in [-0.39, 0.29) is 66.8 Å².